The van der Waals surface area contributed by atoms with Crippen molar-refractivity contribution < 1.29 is 38.3 Å². The number of carbonyl (C=O) groups excluding carboxylic acids is 7. The Labute approximate surface area is 239 Å². The molecule has 0 saturated heterocycles. The first-order valence-electron chi connectivity index (χ1n) is 13.8. The number of nitrogens with one attached hydrogen (secondary N) is 3. The Balaban J connectivity index is 1.94. The quantitative estimate of drug-likeness (QED) is 0.131. The monoisotopic (exact) mass is 572 g/mol. The largest absolute Gasteiger partial charge is 0.446 e. The number of hydrogen-bond donors (Lipinski definition) is 4. The number of hydrogen-bond acceptors (Lipinski definition) is 8. The fourth-order valence-corrected chi connectivity index (χ4v) is 4.40. The fraction of sp³-hybridized carbons (Fsp3) is 0.552. The average molecular weight is 573 g/mol. The van der Waals surface area contributed by atoms with Crippen LogP contribution < -0.4 is 21.7 Å². The minimum Gasteiger partial charge on any atom is -0.446 e. The van der Waals surface area contributed by atoms with Gasteiger partial charge < -0.3 is 26.4 Å². The summed E-state index contributed by atoms with van der Waals surface area (Å²) in [5.41, 5.74) is 6.72. The highest BCUT2D eigenvalue weighted by molar-refractivity contribution is 6.12. The van der Waals surface area contributed by atoms with Crippen molar-refractivity contribution in [3.8, 4) is 0 Å². The maximum absolute atomic E-state index is 13.3. The predicted octanol–water partition coefficient (Wildman–Crippen LogP) is 2.11. The van der Waals surface area contributed by atoms with E-state index in [0.717, 1.165) is 5.56 Å². The molecule has 12 heteroatoms. The molecule has 5 N–H and O–H groups in total. The van der Waals surface area contributed by atoms with E-state index in [9.17, 15) is 33.6 Å². The summed E-state index contributed by atoms with van der Waals surface area (Å²) < 4.78 is 4.95. The van der Waals surface area contributed by atoms with E-state index in [4.69, 9.17) is 10.5 Å². The molecule has 0 radical (unpaired) electrons. The Bertz CT molecular complexity index is 1120. The molecule has 1 aliphatic carbocycles. The van der Waals surface area contributed by atoms with Crippen LogP contribution in [0.25, 0.3) is 0 Å². The number of urea groups is 1. The Hall–Kier alpha value is -4.09. The minimum atomic E-state index is -1.35. The van der Waals surface area contributed by atoms with Crippen LogP contribution in [0.1, 0.15) is 70.8 Å². The smallest absolute Gasteiger partial charge is 0.312 e. The number of primary amides is 1. The Morgan fingerprint density at radius 2 is 1.61 bits per heavy atom. The van der Waals surface area contributed by atoms with Crippen molar-refractivity contribution in [2.24, 2.45) is 17.6 Å². The van der Waals surface area contributed by atoms with Crippen molar-refractivity contribution in [2.45, 2.75) is 84.3 Å². The Kier molecular flexibility index (Phi) is 13.1. The van der Waals surface area contributed by atoms with Crippen molar-refractivity contribution in [3.05, 3.63) is 29.8 Å². The van der Waals surface area contributed by atoms with Crippen LogP contribution >= 0.6 is 0 Å². The summed E-state index contributed by atoms with van der Waals surface area (Å²) >= 11 is 0. The predicted molar refractivity (Wildman–Crippen MR) is 149 cm³/mol. The van der Waals surface area contributed by atoms with Gasteiger partial charge in [-0.2, -0.15) is 0 Å². The maximum Gasteiger partial charge on any atom is 0.312 e. The second kappa shape index (κ2) is 16.2. The van der Waals surface area contributed by atoms with Gasteiger partial charge in [-0.05, 0) is 44.2 Å². The molecule has 0 bridgehead atoms. The molecule has 2 rings (SSSR count). The van der Waals surface area contributed by atoms with Gasteiger partial charge in [-0.15, -0.1) is 0 Å². The first-order chi connectivity index (χ1) is 19.4. The van der Waals surface area contributed by atoms with Crippen molar-refractivity contribution in [1.29, 1.82) is 0 Å². The summed E-state index contributed by atoms with van der Waals surface area (Å²) in [6.45, 7) is 5.71. The van der Waals surface area contributed by atoms with Crippen LogP contribution in [0, 0.1) is 18.8 Å². The van der Waals surface area contributed by atoms with Crippen LogP contribution in [0.4, 0.5) is 10.5 Å². The summed E-state index contributed by atoms with van der Waals surface area (Å²) in [4.78, 5) is 85.3. The molecule has 0 unspecified atom stereocenters. The van der Waals surface area contributed by atoms with Gasteiger partial charge >= 0.3 is 12.0 Å². The molecule has 2 atom stereocenters. The molecule has 1 aromatic carbocycles. The lowest BCUT2D eigenvalue weighted by molar-refractivity contribution is -0.157. The standard InChI is InChI=1S/C29H40N4O8/c1-17(2)26(33-24(37)7-4-8-25(38)41-27-21(34)13-14-22(27)35)23(36)16-19(6-5-15-31-29(30)40)28(39)32-20-11-9-18(3)10-12-20/h9-12,17,19,26-27H,4-8,13-16H2,1-3H3,(H,32,39)(H,33,37)(H3,30,31,40)/t19-,26+/m1/s1. The highest BCUT2D eigenvalue weighted by Crippen LogP contribution is 2.20. The molecule has 1 fully saturated rings. The first-order valence-corrected chi connectivity index (χ1v) is 13.8. The number of aryl methyl sites for hydroxylation is 1. The second-order valence-electron chi connectivity index (χ2n) is 10.6. The molecule has 0 spiro atoms. The number of amides is 4. The number of nitrogens with two attached hydrogens (primary N) is 1. The zero-order valence-electron chi connectivity index (χ0n) is 23.8. The van der Waals surface area contributed by atoms with Gasteiger partial charge in [0.15, 0.2) is 17.3 Å². The van der Waals surface area contributed by atoms with Crippen LogP contribution in [-0.4, -0.2) is 59.9 Å². The van der Waals surface area contributed by atoms with Crippen LogP contribution in [0.15, 0.2) is 24.3 Å². The normalized spacial score (nSPS) is 14.8. The van der Waals surface area contributed by atoms with E-state index in [1.54, 1.807) is 26.0 Å². The highest BCUT2D eigenvalue weighted by Gasteiger charge is 2.36. The lowest BCUT2D eigenvalue weighted by Crippen LogP contribution is -2.45. The molecule has 224 valence electrons. The van der Waals surface area contributed by atoms with Crippen molar-refractivity contribution in [2.75, 3.05) is 11.9 Å². The number of ketones is 3. The second-order valence-corrected chi connectivity index (χ2v) is 10.6. The molecule has 0 heterocycles. The third-order valence-electron chi connectivity index (χ3n) is 6.73. The fourth-order valence-electron chi connectivity index (χ4n) is 4.40. The zero-order chi connectivity index (χ0) is 30.5. The molecular formula is C29H40N4O8. The van der Waals surface area contributed by atoms with E-state index in [-0.39, 0.29) is 62.7 Å². The average Bonchev–Trinajstić information content (AvgIpc) is 3.21. The maximum atomic E-state index is 13.3. The molecule has 0 aromatic heterocycles. The van der Waals surface area contributed by atoms with Crippen molar-refractivity contribution in [3.63, 3.8) is 0 Å². The van der Waals surface area contributed by atoms with Gasteiger partial charge in [-0.25, -0.2) is 4.79 Å². The molecule has 1 aromatic rings. The third kappa shape index (κ3) is 11.5. The van der Waals surface area contributed by atoms with Crippen LogP contribution in [-0.2, 0) is 33.5 Å². The van der Waals surface area contributed by atoms with Crippen LogP contribution in [0.3, 0.4) is 0 Å². The lowest BCUT2D eigenvalue weighted by Gasteiger charge is -2.24. The van der Waals surface area contributed by atoms with Gasteiger partial charge in [0.1, 0.15) is 0 Å². The Morgan fingerprint density at radius 3 is 2.20 bits per heavy atom. The summed E-state index contributed by atoms with van der Waals surface area (Å²) in [6.07, 6.45) is -0.779. The van der Waals surface area contributed by atoms with E-state index >= 15 is 0 Å². The number of esters is 1. The van der Waals surface area contributed by atoms with Gasteiger partial charge in [0.2, 0.25) is 17.9 Å². The lowest BCUT2D eigenvalue weighted by atomic mass is 9.89. The number of rotatable bonds is 16. The van der Waals surface area contributed by atoms with Gasteiger partial charge in [0, 0.05) is 50.3 Å². The van der Waals surface area contributed by atoms with E-state index in [2.05, 4.69) is 16.0 Å². The van der Waals surface area contributed by atoms with Crippen molar-refractivity contribution >= 4 is 46.9 Å². The highest BCUT2D eigenvalue weighted by atomic mass is 16.6. The number of anilines is 1. The summed E-state index contributed by atoms with van der Waals surface area (Å²) in [5, 5.41) is 8.00. The van der Waals surface area contributed by atoms with Gasteiger partial charge in [-0.1, -0.05) is 31.5 Å². The third-order valence-corrected chi connectivity index (χ3v) is 6.73. The number of Topliss-reactive ketones (excluding diaryl/α,β-unsaturated/α-hetero) is 3. The van der Waals surface area contributed by atoms with Crippen molar-refractivity contribution in [1.82, 2.24) is 10.6 Å². The van der Waals surface area contributed by atoms with Crippen LogP contribution in [0.2, 0.25) is 0 Å². The van der Waals surface area contributed by atoms with Crippen LogP contribution in [0.5, 0.6) is 0 Å². The molecule has 4 amide bonds. The van der Waals surface area contributed by atoms with Gasteiger partial charge in [0.25, 0.3) is 0 Å². The summed E-state index contributed by atoms with van der Waals surface area (Å²) in [5.74, 6) is -3.70. The van der Waals surface area contributed by atoms with Gasteiger partial charge in [0.05, 0.1) is 6.04 Å². The summed E-state index contributed by atoms with van der Waals surface area (Å²) in [6, 6.07) is 5.68. The topological polar surface area (TPSA) is 191 Å². The van der Waals surface area contributed by atoms with E-state index in [1.165, 1.54) is 0 Å². The minimum absolute atomic E-state index is 0.0581. The zero-order valence-corrected chi connectivity index (χ0v) is 23.8. The van der Waals surface area contributed by atoms with Gasteiger partial charge in [-0.3, -0.25) is 28.8 Å². The SMILES string of the molecule is Cc1ccc(NC(=O)[C@H](CCCNC(N)=O)CC(=O)[C@@H](NC(=O)CCCC(=O)OC2C(=O)CCC2=O)C(C)C)cc1. The number of benzene rings is 1. The van der Waals surface area contributed by atoms with E-state index < -0.39 is 47.5 Å². The molecule has 41 heavy (non-hydrogen) atoms. The molecule has 0 aliphatic heterocycles. The Morgan fingerprint density at radius 1 is 0.976 bits per heavy atom. The first kappa shape index (κ1) is 33.1. The number of ether oxygens (including phenoxy) is 1. The molecule has 1 aliphatic rings. The summed E-state index contributed by atoms with van der Waals surface area (Å²) in [7, 11) is 0. The molecule has 12 nitrogen and oxygen atoms in total. The number of carbonyl (C=O) groups is 7. The van der Waals surface area contributed by atoms with E-state index in [0.29, 0.717) is 18.5 Å². The molecular weight excluding hydrogens is 532 g/mol. The molecule has 1 saturated carbocycles. The van der Waals surface area contributed by atoms with E-state index in [1.807, 2.05) is 19.1 Å².